The van der Waals surface area contributed by atoms with E-state index < -0.39 is 10.0 Å². The minimum absolute atomic E-state index is 0.0346. The molecule has 0 bridgehead atoms. The van der Waals surface area contributed by atoms with E-state index >= 15 is 0 Å². The molecule has 2 unspecified atom stereocenters. The molecule has 1 heterocycles. The summed E-state index contributed by atoms with van der Waals surface area (Å²) in [6, 6.07) is 4.60. The van der Waals surface area contributed by atoms with Crippen molar-refractivity contribution >= 4 is 21.4 Å². The fourth-order valence-electron chi connectivity index (χ4n) is 2.56. The zero-order chi connectivity index (χ0) is 14.9. The van der Waals surface area contributed by atoms with Crippen LogP contribution in [-0.4, -0.2) is 34.7 Å². The first kappa shape index (κ1) is 15.1. The molecular formula is C13H21N3O3S. The monoisotopic (exact) mass is 299 g/mol. The Bertz CT molecular complexity index is 589. The van der Waals surface area contributed by atoms with Gasteiger partial charge in [0.2, 0.25) is 10.0 Å². The molecule has 112 valence electrons. The Morgan fingerprint density at radius 1 is 1.40 bits per heavy atom. The number of hydrogen-bond donors (Lipinski definition) is 2. The van der Waals surface area contributed by atoms with Crippen molar-refractivity contribution in [2.24, 2.45) is 11.1 Å². The molecule has 0 amide bonds. The normalized spacial score (nSPS) is 23.9. The lowest BCUT2D eigenvalue weighted by Gasteiger charge is -2.38. The number of benzene rings is 1. The van der Waals surface area contributed by atoms with Gasteiger partial charge in [-0.1, -0.05) is 6.92 Å². The molecule has 7 heteroatoms. The van der Waals surface area contributed by atoms with Gasteiger partial charge in [-0.25, -0.2) is 13.6 Å². The van der Waals surface area contributed by atoms with Gasteiger partial charge in [-0.05, 0) is 30.5 Å². The standard InChI is InChI=1S/C13H21N3O3S/c1-9-5-6-16(8-13(9)19-2)12-4-3-10(7-11(12)14)20(15,17)18/h3-4,7,9,13H,5-6,8,14H2,1-2H3,(H2,15,17,18). The van der Waals surface area contributed by atoms with Crippen LogP contribution >= 0.6 is 0 Å². The largest absolute Gasteiger partial charge is 0.397 e. The highest BCUT2D eigenvalue weighted by Crippen LogP contribution is 2.30. The van der Waals surface area contributed by atoms with E-state index in [9.17, 15) is 8.42 Å². The molecule has 0 aliphatic carbocycles. The maximum absolute atomic E-state index is 11.3. The summed E-state index contributed by atoms with van der Waals surface area (Å²) in [5.74, 6) is 0.501. The summed E-state index contributed by atoms with van der Waals surface area (Å²) in [5.41, 5.74) is 7.21. The summed E-state index contributed by atoms with van der Waals surface area (Å²) in [4.78, 5) is 2.16. The summed E-state index contributed by atoms with van der Waals surface area (Å²) >= 11 is 0. The fourth-order valence-corrected chi connectivity index (χ4v) is 3.11. The molecule has 1 aromatic carbocycles. The molecule has 0 saturated carbocycles. The van der Waals surface area contributed by atoms with E-state index in [1.165, 1.54) is 12.1 Å². The van der Waals surface area contributed by atoms with E-state index in [0.717, 1.165) is 25.2 Å². The molecule has 20 heavy (non-hydrogen) atoms. The van der Waals surface area contributed by atoms with E-state index in [1.807, 2.05) is 0 Å². The lowest BCUT2D eigenvalue weighted by atomic mass is 9.95. The second-order valence-electron chi connectivity index (χ2n) is 5.25. The number of methoxy groups -OCH3 is 1. The smallest absolute Gasteiger partial charge is 0.238 e. The second kappa shape index (κ2) is 5.59. The fraction of sp³-hybridized carbons (Fsp3) is 0.538. The highest BCUT2D eigenvalue weighted by molar-refractivity contribution is 7.89. The van der Waals surface area contributed by atoms with E-state index in [2.05, 4.69) is 11.8 Å². The molecule has 1 fully saturated rings. The lowest BCUT2D eigenvalue weighted by Crippen LogP contribution is -2.44. The van der Waals surface area contributed by atoms with Crippen molar-refractivity contribution in [2.45, 2.75) is 24.3 Å². The first-order chi connectivity index (χ1) is 9.32. The number of ether oxygens (including phenoxy) is 1. The van der Waals surface area contributed by atoms with E-state index in [-0.39, 0.29) is 11.0 Å². The summed E-state index contributed by atoms with van der Waals surface area (Å²) in [5, 5.41) is 5.10. The van der Waals surface area contributed by atoms with Crippen LogP contribution in [0.2, 0.25) is 0 Å². The average Bonchev–Trinajstić information content (AvgIpc) is 2.38. The van der Waals surface area contributed by atoms with E-state index in [4.69, 9.17) is 15.6 Å². The van der Waals surface area contributed by atoms with Crippen LogP contribution in [0.1, 0.15) is 13.3 Å². The maximum atomic E-state index is 11.3. The number of nitrogen functional groups attached to an aromatic ring is 1. The average molecular weight is 299 g/mol. The van der Waals surface area contributed by atoms with Crippen LogP contribution in [0.3, 0.4) is 0 Å². The van der Waals surface area contributed by atoms with Crippen molar-refractivity contribution in [3.05, 3.63) is 18.2 Å². The zero-order valence-corrected chi connectivity index (χ0v) is 12.6. The topological polar surface area (TPSA) is 98.6 Å². The predicted molar refractivity (Wildman–Crippen MR) is 79.0 cm³/mol. The van der Waals surface area contributed by atoms with Crippen LogP contribution < -0.4 is 15.8 Å². The number of nitrogens with zero attached hydrogens (tertiary/aromatic N) is 1. The van der Waals surface area contributed by atoms with E-state index in [1.54, 1.807) is 13.2 Å². The third kappa shape index (κ3) is 3.05. The van der Waals surface area contributed by atoms with Gasteiger partial charge < -0.3 is 15.4 Å². The van der Waals surface area contributed by atoms with Gasteiger partial charge in [0.1, 0.15) is 0 Å². The van der Waals surface area contributed by atoms with Crippen molar-refractivity contribution in [2.75, 3.05) is 30.8 Å². The molecule has 0 aromatic heterocycles. The number of rotatable bonds is 3. The first-order valence-corrected chi connectivity index (χ1v) is 8.07. The third-order valence-electron chi connectivity index (χ3n) is 3.86. The molecule has 1 saturated heterocycles. The molecule has 0 spiro atoms. The summed E-state index contributed by atoms with van der Waals surface area (Å²) in [7, 11) is -2.01. The second-order valence-corrected chi connectivity index (χ2v) is 6.81. The third-order valence-corrected chi connectivity index (χ3v) is 4.77. The number of piperidine rings is 1. The Labute approximate surface area is 119 Å². The highest BCUT2D eigenvalue weighted by Gasteiger charge is 2.27. The van der Waals surface area contributed by atoms with Gasteiger partial charge >= 0.3 is 0 Å². The van der Waals surface area contributed by atoms with Crippen LogP contribution in [0, 0.1) is 5.92 Å². The summed E-state index contributed by atoms with van der Waals surface area (Å²) in [6.45, 7) is 3.79. The Balaban J connectivity index is 2.26. The van der Waals surface area contributed by atoms with Crippen LogP contribution in [0.5, 0.6) is 0 Å². The van der Waals surface area contributed by atoms with E-state index in [0.29, 0.717) is 11.6 Å². The molecule has 2 rings (SSSR count). The maximum Gasteiger partial charge on any atom is 0.238 e. The quantitative estimate of drug-likeness (QED) is 0.804. The number of hydrogen-bond acceptors (Lipinski definition) is 5. The van der Waals surface area contributed by atoms with Crippen LogP contribution in [0.25, 0.3) is 0 Å². The van der Waals surface area contributed by atoms with Crippen molar-refractivity contribution in [1.29, 1.82) is 0 Å². The van der Waals surface area contributed by atoms with Gasteiger partial charge in [0.05, 0.1) is 22.4 Å². The molecule has 4 N–H and O–H groups in total. The van der Waals surface area contributed by atoms with Crippen LogP contribution in [0.15, 0.2) is 23.1 Å². The number of anilines is 2. The van der Waals surface area contributed by atoms with Gasteiger partial charge in [-0.2, -0.15) is 0 Å². The van der Waals surface area contributed by atoms with Crippen molar-refractivity contribution in [3.63, 3.8) is 0 Å². The van der Waals surface area contributed by atoms with Gasteiger partial charge in [-0.3, -0.25) is 0 Å². The zero-order valence-electron chi connectivity index (χ0n) is 11.7. The van der Waals surface area contributed by atoms with Crippen molar-refractivity contribution < 1.29 is 13.2 Å². The minimum Gasteiger partial charge on any atom is -0.397 e. The van der Waals surface area contributed by atoms with Gasteiger partial charge in [0.15, 0.2) is 0 Å². The SMILES string of the molecule is COC1CN(c2ccc(S(N)(=O)=O)cc2N)CCC1C. The molecule has 1 aliphatic heterocycles. The summed E-state index contributed by atoms with van der Waals surface area (Å²) < 4.78 is 28.1. The summed E-state index contributed by atoms with van der Waals surface area (Å²) in [6.07, 6.45) is 1.16. The lowest BCUT2D eigenvalue weighted by molar-refractivity contribution is 0.0499. The predicted octanol–water partition coefficient (Wildman–Crippen LogP) is 0.777. The van der Waals surface area contributed by atoms with Crippen LogP contribution in [0.4, 0.5) is 11.4 Å². The molecule has 1 aromatic rings. The first-order valence-electron chi connectivity index (χ1n) is 6.53. The Morgan fingerprint density at radius 3 is 2.65 bits per heavy atom. The van der Waals surface area contributed by atoms with Crippen LogP contribution in [-0.2, 0) is 14.8 Å². The molecule has 2 atom stereocenters. The minimum atomic E-state index is -3.72. The molecule has 6 nitrogen and oxygen atoms in total. The number of sulfonamides is 1. The Morgan fingerprint density at radius 2 is 2.10 bits per heavy atom. The molecular weight excluding hydrogens is 278 g/mol. The number of nitrogens with two attached hydrogens (primary N) is 2. The van der Waals surface area contributed by atoms with Gasteiger partial charge in [0.25, 0.3) is 0 Å². The Kier molecular flexibility index (Phi) is 4.22. The molecule has 0 radical (unpaired) electrons. The molecule has 1 aliphatic rings. The van der Waals surface area contributed by atoms with Gasteiger partial charge in [-0.15, -0.1) is 0 Å². The van der Waals surface area contributed by atoms with Gasteiger partial charge in [0, 0.05) is 20.2 Å². The van der Waals surface area contributed by atoms with Crippen molar-refractivity contribution in [1.82, 2.24) is 0 Å². The highest BCUT2D eigenvalue weighted by atomic mass is 32.2. The van der Waals surface area contributed by atoms with Crippen molar-refractivity contribution in [3.8, 4) is 0 Å². The Hall–Kier alpha value is -1.31. The number of primary sulfonamides is 1.